The summed E-state index contributed by atoms with van der Waals surface area (Å²) in [5.74, 6) is -1.15. The molecule has 0 fully saturated rings. The van der Waals surface area contributed by atoms with Gasteiger partial charge < -0.3 is 10.0 Å². The van der Waals surface area contributed by atoms with Crippen LogP contribution in [0.3, 0.4) is 0 Å². The first-order valence-corrected chi connectivity index (χ1v) is 6.90. The predicted octanol–water partition coefficient (Wildman–Crippen LogP) is 3.19. The van der Waals surface area contributed by atoms with E-state index < -0.39 is 11.4 Å². The minimum absolute atomic E-state index is 0.0272. The Morgan fingerprint density at radius 2 is 1.90 bits per heavy atom. The van der Waals surface area contributed by atoms with Crippen LogP contribution in [0, 0.1) is 5.41 Å². The average Bonchev–Trinajstić information content (AvgIpc) is 2.36. The summed E-state index contributed by atoms with van der Waals surface area (Å²) in [6.07, 6.45) is -0.0272. The van der Waals surface area contributed by atoms with Crippen LogP contribution in [0.25, 0.3) is 0 Å². The lowest BCUT2D eigenvalue weighted by Gasteiger charge is -2.26. The second-order valence-corrected chi connectivity index (χ2v) is 5.77. The number of hydrogen-bond acceptors (Lipinski definition) is 2. The van der Waals surface area contributed by atoms with Crippen LogP contribution in [0.2, 0.25) is 5.02 Å². The van der Waals surface area contributed by atoms with E-state index in [0.29, 0.717) is 18.1 Å². The standard InChI is InChI=1S/C15H20ClNO3/c1-4-17(10-11-7-5-6-8-12(11)16)13(18)9-15(2,3)14(19)20/h5-8H,4,9-10H2,1-3H3,(H,19,20). The third kappa shape index (κ3) is 4.23. The molecule has 0 aromatic heterocycles. The van der Waals surface area contributed by atoms with Gasteiger partial charge in [0.25, 0.3) is 0 Å². The Morgan fingerprint density at radius 3 is 2.40 bits per heavy atom. The lowest BCUT2D eigenvalue weighted by atomic mass is 9.89. The molecule has 0 heterocycles. The molecule has 4 nitrogen and oxygen atoms in total. The van der Waals surface area contributed by atoms with Gasteiger partial charge in [-0.05, 0) is 32.4 Å². The van der Waals surface area contributed by atoms with Crippen molar-refractivity contribution in [3.63, 3.8) is 0 Å². The summed E-state index contributed by atoms with van der Waals surface area (Å²) >= 11 is 6.08. The number of carboxylic acids is 1. The summed E-state index contributed by atoms with van der Waals surface area (Å²) in [6, 6.07) is 7.33. The molecule has 1 aromatic carbocycles. The molecule has 0 spiro atoms. The van der Waals surface area contributed by atoms with Gasteiger partial charge in [-0.3, -0.25) is 9.59 Å². The fraction of sp³-hybridized carbons (Fsp3) is 0.467. The van der Waals surface area contributed by atoms with Crippen LogP contribution >= 0.6 is 11.6 Å². The number of carbonyl (C=O) groups is 2. The van der Waals surface area contributed by atoms with Gasteiger partial charge in [-0.2, -0.15) is 0 Å². The third-order valence-electron chi connectivity index (χ3n) is 3.23. The lowest BCUT2D eigenvalue weighted by Crippen LogP contribution is -2.36. The second kappa shape index (κ2) is 6.75. The van der Waals surface area contributed by atoms with Crippen LogP contribution in [0.5, 0.6) is 0 Å². The number of carbonyl (C=O) groups excluding carboxylic acids is 1. The van der Waals surface area contributed by atoms with Crippen LogP contribution < -0.4 is 0 Å². The molecule has 110 valence electrons. The summed E-state index contributed by atoms with van der Waals surface area (Å²) in [5.41, 5.74) is -0.206. The summed E-state index contributed by atoms with van der Waals surface area (Å²) in [5, 5.41) is 9.69. The number of rotatable bonds is 6. The van der Waals surface area contributed by atoms with Gasteiger partial charge in [0.2, 0.25) is 5.91 Å². The van der Waals surface area contributed by atoms with Gasteiger partial charge in [0.1, 0.15) is 0 Å². The Morgan fingerprint density at radius 1 is 1.30 bits per heavy atom. The van der Waals surface area contributed by atoms with E-state index in [9.17, 15) is 9.59 Å². The normalized spacial score (nSPS) is 11.2. The summed E-state index contributed by atoms with van der Waals surface area (Å²) < 4.78 is 0. The van der Waals surface area contributed by atoms with Gasteiger partial charge in [-0.1, -0.05) is 29.8 Å². The molecule has 0 aliphatic heterocycles. The molecule has 1 rings (SSSR count). The number of carboxylic acid groups (broad SMARTS) is 1. The number of halogens is 1. The van der Waals surface area contributed by atoms with Crippen LogP contribution in [-0.4, -0.2) is 28.4 Å². The molecule has 0 bridgehead atoms. The minimum atomic E-state index is -1.06. The van der Waals surface area contributed by atoms with Gasteiger partial charge in [-0.25, -0.2) is 0 Å². The monoisotopic (exact) mass is 297 g/mol. The minimum Gasteiger partial charge on any atom is -0.481 e. The molecule has 1 amide bonds. The smallest absolute Gasteiger partial charge is 0.309 e. The topological polar surface area (TPSA) is 57.6 Å². The van der Waals surface area contributed by atoms with Crippen molar-refractivity contribution >= 4 is 23.5 Å². The first-order valence-electron chi connectivity index (χ1n) is 6.52. The van der Waals surface area contributed by atoms with E-state index in [0.717, 1.165) is 5.56 Å². The van der Waals surface area contributed by atoms with Crippen LogP contribution in [0.15, 0.2) is 24.3 Å². The van der Waals surface area contributed by atoms with E-state index in [4.69, 9.17) is 16.7 Å². The van der Waals surface area contributed by atoms with Crippen LogP contribution in [0.1, 0.15) is 32.8 Å². The molecule has 1 N–H and O–H groups in total. The highest BCUT2D eigenvalue weighted by molar-refractivity contribution is 6.31. The maximum absolute atomic E-state index is 12.2. The van der Waals surface area contributed by atoms with Crippen molar-refractivity contribution in [2.45, 2.75) is 33.7 Å². The van der Waals surface area contributed by atoms with Gasteiger partial charge in [0, 0.05) is 24.5 Å². The molecule has 5 heteroatoms. The number of amides is 1. The van der Waals surface area contributed by atoms with Crippen LogP contribution in [-0.2, 0) is 16.1 Å². The van der Waals surface area contributed by atoms with Gasteiger partial charge in [0.05, 0.1) is 5.41 Å². The SMILES string of the molecule is CCN(Cc1ccccc1Cl)C(=O)CC(C)(C)C(=O)O. The first kappa shape index (κ1) is 16.5. The van der Waals surface area contributed by atoms with E-state index in [1.807, 2.05) is 25.1 Å². The van der Waals surface area contributed by atoms with Crippen molar-refractivity contribution in [3.05, 3.63) is 34.9 Å². The zero-order valence-electron chi connectivity index (χ0n) is 12.0. The molecule has 0 atom stereocenters. The van der Waals surface area contributed by atoms with Gasteiger partial charge in [-0.15, -0.1) is 0 Å². The average molecular weight is 298 g/mol. The summed E-state index contributed by atoms with van der Waals surface area (Å²) in [7, 11) is 0. The number of aliphatic carboxylic acids is 1. The molecule has 0 radical (unpaired) electrons. The van der Waals surface area contributed by atoms with E-state index in [2.05, 4.69) is 0 Å². The van der Waals surface area contributed by atoms with Crippen molar-refractivity contribution in [1.29, 1.82) is 0 Å². The largest absolute Gasteiger partial charge is 0.481 e. The zero-order valence-corrected chi connectivity index (χ0v) is 12.8. The van der Waals surface area contributed by atoms with Crippen molar-refractivity contribution in [2.24, 2.45) is 5.41 Å². The number of benzene rings is 1. The van der Waals surface area contributed by atoms with E-state index >= 15 is 0 Å². The van der Waals surface area contributed by atoms with Gasteiger partial charge >= 0.3 is 5.97 Å². The molecule has 20 heavy (non-hydrogen) atoms. The summed E-state index contributed by atoms with van der Waals surface area (Å²) in [4.78, 5) is 24.9. The molecule has 0 saturated carbocycles. The van der Waals surface area contributed by atoms with Gasteiger partial charge in [0.15, 0.2) is 0 Å². The fourth-order valence-electron chi connectivity index (χ4n) is 1.77. The van der Waals surface area contributed by atoms with Crippen molar-refractivity contribution < 1.29 is 14.7 Å². The molecule has 0 aliphatic carbocycles. The first-order chi connectivity index (χ1) is 9.27. The predicted molar refractivity (Wildman–Crippen MR) is 78.6 cm³/mol. The maximum atomic E-state index is 12.2. The molecular formula is C15H20ClNO3. The third-order valence-corrected chi connectivity index (χ3v) is 3.59. The highest BCUT2D eigenvalue weighted by atomic mass is 35.5. The zero-order chi connectivity index (χ0) is 15.3. The van der Waals surface area contributed by atoms with Crippen molar-refractivity contribution in [1.82, 2.24) is 4.90 Å². The Balaban J connectivity index is 2.79. The number of hydrogen-bond donors (Lipinski definition) is 1. The second-order valence-electron chi connectivity index (χ2n) is 5.37. The molecular weight excluding hydrogens is 278 g/mol. The summed E-state index contributed by atoms with van der Waals surface area (Å²) in [6.45, 7) is 5.88. The molecule has 0 saturated heterocycles. The Bertz CT molecular complexity index is 500. The Hall–Kier alpha value is -1.55. The van der Waals surface area contributed by atoms with E-state index in [1.54, 1.807) is 24.8 Å². The molecule has 0 unspecified atom stereocenters. The molecule has 0 aliphatic rings. The van der Waals surface area contributed by atoms with Crippen molar-refractivity contribution in [2.75, 3.05) is 6.54 Å². The fourth-order valence-corrected chi connectivity index (χ4v) is 1.97. The van der Waals surface area contributed by atoms with Crippen molar-refractivity contribution in [3.8, 4) is 0 Å². The Kier molecular flexibility index (Phi) is 5.57. The van der Waals surface area contributed by atoms with E-state index in [-0.39, 0.29) is 12.3 Å². The lowest BCUT2D eigenvalue weighted by molar-refractivity contribution is -0.151. The van der Waals surface area contributed by atoms with E-state index in [1.165, 1.54) is 0 Å². The molecule has 1 aromatic rings. The highest BCUT2D eigenvalue weighted by Crippen LogP contribution is 2.23. The maximum Gasteiger partial charge on any atom is 0.309 e. The Labute approximate surface area is 124 Å². The number of nitrogens with zero attached hydrogens (tertiary/aromatic N) is 1. The highest BCUT2D eigenvalue weighted by Gasteiger charge is 2.31. The quantitative estimate of drug-likeness (QED) is 0.877. The van der Waals surface area contributed by atoms with Crippen LogP contribution in [0.4, 0.5) is 0 Å².